The minimum absolute atomic E-state index is 0.0512. The summed E-state index contributed by atoms with van der Waals surface area (Å²) in [6, 6.07) is 6.57. The third-order valence-corrected chi connectivity index (χ3v) is 8.67. The first-order valence-corrected chi connectivity index (χ1v) is 13.1. The van der Waals surface area contributed by atoms with E-state index in [1.165, 1.54) is 18.4 Å². The van der Waals surface area contributed by atoms with E-state index in [-0.39, 0.29) is 22.8 Å². The molecule has 2 fully saturated rings. The van der Waals surface area contributed by atoms with Gasteiger partial charge in [-0.05, 0) is 37.5 Å². The van der Waals surface area contributed by atoms with E-state index in [1.807, 2.05) is 12.1 Å². The molecule has 2 unspecified atom stereocenters. The number of nitrogens with zero attached hydrogens (tertiary/aromatic N) is 6. The number of methoxy groups -OCH3 is 1. The van der Waals surface area contributed by atoms with E-state index in [1.54, 1.807) is 19.2 Å². The molecule has 2 N–H and O–H groups in total. The smallest absolute Gasteiger partial charge is 0.319 e. The van der Waals surface area contributed by atoms with Crippen LogP contribution in [0.1, 0.15) is 36.1 Å². The third-order valence-electron chi connectivity index (χ3n) is 7.57. The maximum Gasteiger partial charge on any atom is 0.319 e. The van der Waals surface area contributed by atoms with Crippen molar-refractivity contribution in [2.75, 3.05) is 25.1 Å². The number of ether oxygens (including phenoxy) is 1. The van der Waals surface area contributed by atoms with Gasteiger partial charge >= 0.3 is 6.01 Å². The fourth-order valence-electron chi connectivity index (χ4n) is 5.98. The second kappa shape index (κ2) is 8.54. The fraction of sp³-hybridized carbons (Fsp3) is 0.346. The van der Waals surface area contributed by atoms with Gasteiger partial charge in [0.25, 0.3) is 6.43 Å². The van der Waals surface area contributed by atoms with Crippen LogP contribution in [0.25, 0.3) is 42.5 Å². The molecule has 0 radical (unpaired) electrons. The first kappa shape index (κ1) is 23.2. The number of hydrogen-bond acceptors (Lipinski definition) is 9. The molecule has 0 amide bonds. The number of halogens is 2. The minimum atomic E-state index is -2.77. The summed E-state index contributed by atoms with van der Waals surface area (Å²) in [6.45, 7) is 3.26. The van der Waals surface area contributed by atoms with Crippen LogP contribution in [0.2, 0.25) is 0 Å². The van der Waals surface area contributed by atoms with Crippen LogP contribution in [0.5, 0.6) is 6.01 Å². The summed E-state index contributed by atoms with van der Waals surface area (Å²) in [6.07, 6.45) is 1.09. The van der Waals surface area contributed by atoms with Crippen molar-refractivity contribution in [1.82, 2.24) is 30.5 Å². The monoisotopic (exact) mass is 532 g/mol. The zero-order valence-corrected chi connectivity index (χ0v) is 21.4. The van der Waals surface area contributed by atoms with Crippen molar-refractivity contribution in [2.24, 2.45) is 0 Å². The molecule has 0 saturated carbocycles. The van der Waals surface area contributed by atoms with Crippen molar-refractivity contribution < 1.29 is 13.5 Å². The molecule has 192 valence electrons. The summed E-state index contributed by atoms with van der Waals surface area (Å²) < 4.78 is 35.2. The molecule has 2 bridgehead atoms. The normalized spacial score (nSPS) is 19.2. The van der Waals surface area contributed by atoms with Gasteiger partial charge in [-0.15, -0.1) is 11.3 Å². The number of aromatic nitrogens is 5. The zero-order valence-electron chi connectivity index (χ0n) is 20.5. The number of aromatic amines is 1. The number of hydrogen-bond donors (Lipinski definition) is 2. The zero-order chi connectivity index (χ0) is 26.1. The molecule has 9 nitrogen and oxygen atoms in total. The van der Waals surface area contributed by atoms with E-state index < -0.39 is 6.43 Å². The fourth-order valence-corrected chi connectivity index (χ4v) is 7.13. The molecular formula is C26H22F2N8OS. The average Bonchev–Trinajstić information content (AvgIpc) is 3.60. The van der Waals surface area contributed by atoms with Crippen LogP contribution >= 0.6 is 11.3 Å². The van der Waals surface area contributed by atoms with E-state index in [0.717, 1.165) is 42.5 Å². The molecule has 5 aromatic rings. The SMILES string of the molecule is COc1nc(N2CC3CCC(C2)N3)c2c(n1)sc1c(-c3c(C(F)F)c(C)cc4[nH]nc(C#N)c34)nccc12. The lowest BCUT2D eigenvalue weighted by atomic mass is 9.93. The van der Waals surface area contributed by atoms with Gasteiger partial charge in [-0.2, -0.15) is 20.3 Å². The van der Waals surface area contributed by atoms with Gasteiger partial charge in [-0.3, -0.25) is 10.1 Å². The standard InChI is InChI=1S/C26H22F2N8OS/c1-11-7-15-19(16(8-29)35-34-15)20(17(11)23(27)28)21-22-14(5-6-30-21)18-24(32-26(37-2)33-25(18)38-22)36-9-12-3-4-13(10-36)31-12/h5-7,12-13,23,31H,3-4,9-10H2,1-2H3,(H,34,35). The highest BCUT2D eigenvalue weighted by atomic mass is 32.1. The summed E-state index contributed by atoms with van der Waals surface area (Å²) in [5.41, 5.74) is 1.40. The van der Waals surface area contributed by atoms with Crippen molar-refractivity contribution in [3.8, 4) is 23.3 Å². The van der Waals surface area contributed by atoms with Crippen LogP contribution in [0.4, 0.5) is 14.6 Å². The number of aryl methyl sites for hydroxylation is 1. The molecule has 4 aromatic heterocycles. The van der Waals surface area contributed by atoms with Crippen LogP contribution < -0.4 is 15.0 Å². The summed E-state index contributed by atoms with van der Waals surface area (Å²) in [5, 5.41) is 22.3. The van der Waals surface area contributed by atoms with Crippen molar-refractivity contribution in [3.63, 3.8) is 0 Å². The van der Waals surface area contributed by atoms with E-state index in [2.05, 4.69) is 30.4 Å². The quantitative estimate of drug-likeness (QED) is 0.338. The maximum atomic E-state index is 14.5. The van der Waals surface area contributed by atoms with Gasteiger partial charge in [0.1, 0.15) is 16.7 Å². The Balaban J connectivity index is 1.55. The van der Waals surface area contributed by atoms with Gasteiger partial charge < -0.3 is 15.0 Å². The maximum absolute atomic E-state index is 14.5. The second-order valence-corrected chi connectivity index (χ2v) is 10.8. The molecule has 1 aromatic carbocycles. The average molecular weight is 533 g/mol. The van der Waals surface area contributed by atoms with E-state index in [0.29, 0.717) is 43.8 Å². The van der Waals surface area contributed by atoms with Crippen molar-refractivity contribution in [3.05, 3.63) is 35.2 Å². The van der Waals surface area contributed by atoms with Crippen molar-refractivity contribution in [1.29, 1.82) is 5.26 Å². The number of pyridine rings is 1. The molecule has 12 heteroatoms. The Morgan fingerprint density at radius 1 is 1.21 bits per heavy atom. The minimum Gasteiger partial charge on any atom is -0.467 e. The summed E-state index contributed by atoms with van der Waals surface area (Å²) in [7, 11) is 1.54. The summed E-state index contributed by atoms with van der Waals surface area (Å²) in [4.78, 5) is 17.0. The highest BCUT2D eigenvalue weighted by Gasteiger charge is 2.35. The van der Waals surface area contributed by atoms with Crippen LogP contribution in [0, 0.1) is 18.3 Å². The number of anilines is 1. The largest absolute Gasteiger partial charge is 0.467 e. The predicted molar refractivity (Wildman–Crippen MR) is 141 cm³/mol. The van der Waals surface area contributed by atoms with Crippen LogP contribution in [-0.2, 0) is 0 Å². The number of nitriles is 1. The molecular weight excluding hydrogens is 510 g/mol. The number of rotatable bonds is 4. The molecule has 38 heavy (non-hydrogen) atoms. The van der Waals surface area contributed by atoms with E-state index >= 15 is 0 Å². The summed E-state index contributed by atoms with van der Waals surface area (Å²) >= 11 is 1.36. The Morgan fingerprint density at radius 2 is 2.00 bits per heavy atom. The van der Waals surface area contributed by atoms with Gasteiger partial charge in [0.2, 0.25) is 0 Å². The molecule has 6 heterocycles. The number of thiophene rings is 1. The number of benzene rings is 1. The first-order valence-electron chi connectivity index (χ1n) is 12.3. The number of nitrogens with one attached hydrogen (secondary N) is 2. The number of fused-ring (bicyclic) bond motifs is 6. The molecule has 0 spiro atoms. The van der Waals surface area contributed by atoms with Gasteiger partial charge in [0, 0.05) is 53.3 Å². The lowest BCUT2D eigenvalue weighted by Gasteiger charge is -2.34. The Hall–Kier alpha value is -3.95. The molecule has 7 rings (SSSR count). The Labute approximate surface area is 219 Å². The number of alkyl halides is 2. The lowest BCUT2D eigenvalue weighted by Crippen LogP contribution is -2.51. The van der Waals surface area contributed by atoms with Crippen LogP contribution in [0.3, 0.4) is 0 Å². The Kier molecular flexibility index (Phi) is 5.21. The first-order chi connectivity index (χ1) is 18.5. The highest BCUT2D eigenvalue weighted by molar-refractivity contribution is 7.26. The number of H-pyrrole nitrogens is 1. The van der Waals surface area contributed by atoms with Crippen LogP contribution in [-0.4, -0.2) is 57.4 Å². The third kappa shape index (κ3) is 3.35. The molecule has 2 aliphatic heterocycles. The topological polar surface area (TPSA) is 116 Å². The molecule has 2 atom stereocenters. The van der Waals surface area contributed by atoms with Gasteiger partial charge in [0.05, 0.1) is 28.4 Å². The van der Waals surface area contributed by atoms with Gasteiger partial charge in [-0.25, -0.2) is 8.78 Å². The Bertz CT molecular complexity index is 1780. The van der Waals surface area contributed by atoms with E-state index in [4.69, 9.17) is 9.72 Å². The molecule has 2 saturated heterocycles. The highest BCUT2D eigenvalue weighted by Crippen LogP contribution is 2.47. The number of piperazine rings is 1. The molecule has 2 aliphatic rings. The summed E-state index contributed by atoms with van der Waals surface area (Å²) in [5.74, 6) is 0.776. The predicted octanol–water partition coefficient (Wildman–Crippen LogP) is 4.85. The van der Waals surface area contributed by atoms with Crippen LogP contribution in [0.15, 0.2) is 18.3 Å². The van der Waals surface area contributed by atoms with Crippen molar-refractivity contribution >= 4 is 48.4 Å². The van der Waals surface area contributed by atoms with E-state index in [9.17, 15) is 14.0 Å². The van der Waals surface area contributed by atoms with Crippen molar-refractivity contribution in [2.45, 2.75) is 38.3 Å². The Morgan fingerprint density at radius 3 is 2.71 bits per heavy atom. The second-order valence-electron chi connectivity index (χ2n) is 9.78. The lowest BCUT2D eigenvalue weighted by molar-refractivity contribution is 0.151. The van der Waals surface area contributed by atoms with Gasteiger partial charge in [0.15, 0.2) is 5.69 Å². The van der Waals surface area contributed by atoms with Gasteiger partial charge in [-0.1, -0.05) is 0 Å². The molecule has 0 aliphatic carbocycles.